The molecule has 0 aliphatic rings. The third-order valence-electron chi connectivity index (χ3n) is 3.56. The molecule has 21 heavy (non-hydrogen) atoms. The Morgan fingerprint density at radius 3 is 1.95 bits per heavy atom. The smallest absolute Gasteiger partial charge is 0.116 e. The van der Waals surface area contributed by atoms with Gasteiger partial charge < -0.3 is 10.2 Å². The van der Waals surface area contributed by atoms with Gasteiger partial charge in [-0.3, -0.25) is 0 Å². The van der Waals surface area contributed by atoms with Crippen molar-refractivity contribution in [1.29, 1.82) is 0 Å². The predicted octanol–water partition coefficient (Wildman–Crippen LogP) is 5.43. The van der Waals surface area contributed by atoms with E-state index in [2.05, 4.69) is 36.4 Å². The number of hydrogen-bond donors (Lipinski definition) is 2. The second kappa shape index (κ2) is 6.98. The molecule has 2 rings (SSSR count). The first-order valence-electron chi connectivity index (χ1n) is 7.07. The molecule has 0 heterocycles. The highest BCUT2D eigenvalue weighted by molar-refractivity contribution is 14.1. The summed E-state index contributed by atoms with van der Waals surface area (Å²) in [5.41, 5.74) is 4.87. The zero-order valence-corrected chi connectivity index (χ0v) is 14.4. The van der Waals surface area contributed by atoms with Crippen LogP contribution in [0.25, 0.3) is 11.1 Å². The van der Waals surface area contributed by atoms with Gasteiger partial charge >= 0.3 is 0 Å². The molecule has 2 N–H and O–H groups in total. The molecule has 0 aromatic heterocycles. The minimum absolute atomic E-state index is 0.284. The Balaban J connectivity index is 2.60. The Bertz CT molecular complexity index is 657. The van der Waals surface area contributed by atoms with Gasteiger partial charge in [0.05, 0.1) is 0 Å². The van der Waals surface area contributed by atoms with Crippen molar-refractivity contribution in [1.82, 2.24) is 0 Å². The number of phenolic OH excluding ortho intramolecular Hbond substituents is 2. The highest BCUT2D eigenvalue weighted by atomic mass is 131. The second-order valence-electron chi connectivity index (χ2n) is 4.88. The molecule has 0 fully saturated rings. The Morgan fingerprint density at radius 2 is 1.43 bits per heavy atom. The van der Waals surface area contributed by atoms with E-state index >= 15 is 0 Å². The number of halogens is 1. The molecule has 2 aromatic rings. The summed E-state index contributed by atoms with van der Waals surface area (Å²) >= 11 is 2.26. The lowest BCUT2D eigenvalue weighted by molar-refractivity contribution is 0.474. The molecule has 0 aliphatic heterocycles. The second-order valence-corrected chi connectivity index (χ2v) is 6.04. The lowest BCUT2D eigenvalue weighted by atomic mass is 9.91. The van der Waals surface area contributed by atoms with Crippen LogP contribution in [0.3, 0.4) is 0 Å². The minimum Gasteiger partial charge on any atom is -0.508 e. The van der Waals surface area contributed by atoms with Crippen molar-refractivity contribution in [2.75, 3.05) is 0 Å². The predicted molar refractivity (Wildman–Crippen MR) is 96.3 cm³/mol. The van der Waals surface area contributed by atoms with Crippen LogP contribution in [-0.4, -0.2) is 10.2 Å². The third-order valence-corrected chi connectivity index (χ3v) is 4.46. The quantitative estimate of drug-likeness (QED) is 0.533. The van der Waals surface area contributed by atoms with Gasteiger partial charge in [-0.2, -0.15) is 0 Å². The summed E-state index contributed by atoms with van der Waals surface area (Å²) < 4.78 is 1.05. The van der Waals surface area contributed by atoms with E-state index in [-0.39, 0.29) is 5.75 Å². The van der Waals surface area contributed by atoms with E-state index in [1.807, 2.05) is 18.2 Å². The summed E-state index contributed by atoms with van der Waals surface area (Å²) in [6.45, 7) is 4.29. The van der Waals surface area contributed by atoms with Crippen molar-refractivity contribution in [2.45, 2.75) is 26.7 Å². The largest absolute Gasteiger partial charge is 0.508 e. The molecule has 0 saturated heterocycles. The van der Waals surface area contributed by atoms with Crippen LogP contribution in [0.2, 0.25) is 0 Å². The fraction of sp³-hybridized carbons (Fsp3) is 0.222. The molecule has 0 atom stereocenters. The van der Waals surface area contributed by atoms with Crippen LogP contribution in [0.1, 0.15) is 37.8 Å². The molecular formula is C18H19IO2. The van der Waals surface area contributed by atoms with E-state index in [4.69, 9.17) is 0 Å². The van der Waals surface area contributed by atoms with Gasteiger partial charge in [-0.05, 0) is 88.0 Å². The maximum absolute atomic E-state index is 9.59. The normalized spacial score (nSPS) is 12.1. The number of allylic oxidation sites excluding steroid dienone is 2. The SMILES string of the molecule is CC/C(=C(/CC)c1ccc(O)cc1[131I])c1ccc(O)cc1. The van der Waals surface area contributed by atoms with E-state index in [1.54, 1.807) is 24.3 Å². The fourth-order valence-corrected chi connectivity index (χ4v) is 3.39. The molecule has 2 nitrogen and oxygen atoms in total. The molecule has 110 valence electrons. The topological polar surface area (TPSA) is 40.5 Å². The summed E-state index contributed by atoms with van der Waals surface area (Å²) in [4.78, 5) is 0. The van der Waals surface area contributed by atoms with E-state index < -0.39 is 0 Å². The third kappa shape index (κ3) is 3.59. The summed E-state index contributed by atoms with van der Waals surface area (Å²) in [6, 6.07) is 12.9. The van der Waals surface area contributed by atoms with Crippen LogP contribution >= 0.6 is 22.6 Å². The van der Waals surface area contributed by atoms with Crippen molar-refractivity contribution in [3.05, 3.63) is 57.2 Å². The molecule has 3 heteroatoms. The van der Waals surface area contributed by atoms with E-state index in [0.717, 1.165) is 22.0 Å². The first-order valence-corrected chi connectivity index (χ1v) is 8.15. The van der Waals surface area contributed by atoms with Crippen molar-refractivity contribution in [3.8, 4) is 11.5 Å². The van der Waals surface area contributed by atoms with Gasteiger partial charge in [0.1, 0.15) is 11.5 Å². The fourth-order valence-electron chi connectivity index (χ4n) is 2.57. The molecule has 0 unspecified atom stereocenters. The van der Waals surface area contributed by atoms with Gasteiger partial charge in [0.25, 0.3) is 0 Å². The van der Waals surface area contributed by atoms with Crippen LogP contribution in [0.4, 0.5) is 0 Å². The van der Waals surface area contributed by atoms with Gasteiger partial charge in [0.2, 0.25) is 0 Å². The molecule has 0 amide bonds. The summed E-state index contributed by atoms with van der Waals surface area (Å²) in [5, 5.41) is 19.0. The zero-order chi connectivity index (χ0) is 15.4. The van der Waals surface area contributed by atoms with E-state index in [0.29, 0.717) is 5.75 Å². The Kier molecular flexibility index (Phi) is 5.28. The highest BCUT2D eigenvalue weighted by Gasteiger charge is 2.12. The molecule has 2 aromatic carbocycles. The van der Waals surface area contributed by atoms with Crippen LogP contribution in [0.15, 0.2) is 42.5 Å². The van der Waals surface area contributed by atoms with Crippen molar-refractivity contribution < 1.29 is 10.2 Å². The summed E-state index contributed by atoms with van der Waals surface area (Å²) in [5.74, 6) is 0.577. The number of hydrogen-bond acceptors (Lipinski definition) is 2. The van der Waals surface area contributed by atoms with Gasteiger partial charge in [0.15, 0.2) is 0 Å². The first-order chi connectivity index (χ1) is 10.1. The number of rotatable bonds is 4. The van der Waals surface area contributed by atoms with Crippen LogP contribution < -0.4 is 0 Å². The highest BCUT2D eigenvalue weighted by Crippen LogP contribution is 2.35. The van der Waals surface area contributed by atoms with Crippen LogP contribution in [0.5, 0.6) is 11.5 Å². The lowest BCUT2D eigenvalue weighted by Gasteiger charge is -2.15. The van der Waals surface area contributed by atoms with Gasteiger partial charge in [-0.25, -0.2) is 0 Å². The molecule has 0 radical (unpaired) electrons. The number of aromatic hydroxyl groups is 2. The zero-order valence-electron chi connectivity index (χ0n) is 12.2. The van der Waals surface area contributed by atoms with Crippen LogP contribution in [-0.2, 0) is 0 Å². The Morgan fingerprint density at radius 1 is 0.857 bits per heavy atom. The van der Waals surface area contributed by atoms with Crippen LogP contribution in [0, 0.1) is 3.57 Å². The van der Waals surface area contributed by atoms with Gasteiger partial charge in [-0.1, -0.05) is 26.0 Å². The monoisotopic (exact) mass is 398 g/mol. The van der Waals surface area contributed by atoms with E-state index in [1.165, 1.54) is 16.7 Å². The minimum atomic E-state index is 0.284. The maximum Gasteiger partial charge on any atom is 0.116 e. The number of benzene rings is 2. The van der Waals surface area contributed by atoms with Gasteiger partial charge in [0, 0.05) is 3.57 Å². The number of phenols is 2. The molecule has 0 aliphatic carbocycles. The molecule has 0 bridgehead atoms. The average Bonchev–Trinajstić information content (AvgIpc) is 2.47. The van der Waals surface area contributed by atoms with E-state index in [9.17, 15) is 10.2 Å². The molecule has 0 spiro atoms. The Labute approximate surface area is 139 Å². The average molecular weight is 398 g/mol. The standard InChI is InChI=1S/C18H19IO2/c1-3-15(12-5-7-13(20)8-6-12)16(4-2)17-10-9-14(21)11-18(17)19/h5-11,20-21H,3-4H2,1-2H3/b16-15+/i19+4. The summed E-state index contributed by atoms with van der Waals surface area (Å²) in [6.07, 6.45) is 1.84. The lowest BCUT2D eigenvalue weighted by Crippen LogP contribution is -1.94. The Hall–Kier alpha value is -1.49. The first kappa shape index (κ1) is 15.9. The summed E-state index contributed by atoms with van der Waals surface area (Å²) in [7, 11) is 0. The van der Waals surface area contributed by atoms with Crippen molar-refractivity contribution in [2.24, 2.45) is 0 Å². The van der Waals surface area contributed by atoms with Crippen molar-refractivity contribution >= 4 is 33.7 Å². The maximum atomic E-state index is 9.59. The molecule has 0 saturated carbocycles. The van der Waals surface area contributed by atoms with Gasteiger partial charge in [-0.15, -0.1) is 0 Å². The van der Waals surface area contributed by atoms with Crippen molar-refractivity contribution in [3.63, 3.8) is 0 Å². The molecular weight excluding hydrogens is 379 g/mol.